The van der Waals surface area contributed by atoms with Gasteiger partial charge in [0.2, 0.25) is 5.91 Å². The van der Waals surface area contributed by atoms with Gasteiger partial charge >= 0.3 is 5.97 Å². The second kappa shape index (κ2) is 5.04. The molecule has 3 atom stereocenters. The first-order valence-corrected chi connectivity index (χ1v) is 6.24. The summed E-state index contributed by atoms with van der Waals surface area (Å²) in [6.07, 6.45) is 2.64. The summed E-state index contributed by atoms with van der Waals surface area (Å²) in [5, 5.41) is 17.9. The molecule has 5 nitrogen and oxygen atoms in total. The maximum Gasteiger partial charge on any atom is 0.306 e. The average molecular weight is 241 g/mol. The smallest absolute Gasteiger partial charge is 0.306 e. The van der Waals surface area contributed by atoms with E-state index in [0.717, 1.165) is 6.42 Å². The lowest BCUT2D eigenvalue weighted by Gasteiger charge is -2.20. The lowest BCUT2D eigenvalue weighted by molar-refractivity contribution is -0.141. The molecular weight excluding hydrogens is 222 g/mol. The predicted molar refractivity (Wildman–Crippen MR) is 60.2 cm³/mol. The molecule has 2 rings (SSSR count). The van der Waals surface area contributed by atoms with Gasteiger partial charge in [0.25, 0.3) is 0 Å². The van der Waals surface area contributed by atoms with Crippen LogP contribution >= 0.6 is 0 Å². The molecule has 2 N–H and O–H groups in total. The highest BCUT2D eigenvalue weighted by Crippen LogP contribution is 2.33. The number of carboxylic acid groups (broad SMARTS) is 1. The van der Waals surface area contributed by atoms with Crippen LogP contribution in [0.3, 0.4) is 0 Å². The molecule has 1 heterocycles. The van der Waals surface area contributed by atoms with Gasteiger partial charge in [0, 0.05) is 31.5 Å². The van der Waals surface area contributed by atoms with Gasteiger partial charge in [-0.05, 0) is 25.7 Å². The van der Waals surface area contributed by atoms with Crippen LogP contribution in [0, 0.1) is 17.8 Å². The van der Waals surface area contributed by atoms with Crippen molar-refractivity contribution in [1.29, 1.82) is 0 Å². The van der Waals surface area contributed by atoms with E-state index in [1.165, 1.54) is 0 Å². The van der Waals surface area contributed by atoms with Crippen LogP contribution in [0.2, 0.25) is 0 Å². The molecular formula is C12H19NO4. The number of aliphatic carboxylic acids is 1. The number of hydrogen-bond acceptors (Lipinski definition) is 3. The Labute approximate surface area is 100 Å². The molecule has 0 spiro atoms. The number of aliphatic hydroxyl groups is 1. The van der Waals surface area contributed by atoms with Crippen molar-refractivity contribution in [2.24, 2.45) is 17.8 Å². The van der Waals surface area contributed by atoms with Crippen molar-refractivity contribution >= 4 is 11.9 Å². The summed E-state index contributed by atoms with van der Waals surface area (Å²) in [5.41, 5.74) is 0. The Kier molecular flexibility index (Phi) is 3.66. The maximum absolute atomic E-state index is 12.1. The number of carbonyl (C=O) groups is 2. The van der Waals surface area contributed by atoms with Gasteiger partial charge in [0.05, 0.1) is 5.92 Å². The fourth-order valence-electron chi connectivity index (χ4n) is 2.87. The highest BCUT2D eigenvalue weighted by molar-refractivity contribution is 5.81. The molecule has 1 aliphatic carbocycles. The molecule has 0 aromatic heterocycles. The molecule has 0 aromatic rings. The Balaban J connectivity index is 1.87. The molecule has 96 valence electrons. The minimum atomic E-state index is -0.782. The summed E-state index contributed by atoms with van der Waals surface area (Å²) in [5.74, 6) is -0.955. The Bertz CT molecular complexity index is 318. The van der Waals surface area contributed by atoms with Gasteiger partial charge in [-0.3, -0.25) is 9.59 Å². The summed E-state index contributed by atoms with van der Waals surface area (Å²) in [6, 6.07) is 0. The molecule has 1 amide bonds. The second-order valence-electron chi connectivity index (χ2n) is 5.17. The van der Waals surface area contributed by atoms with Crippen molar-refractivity contribution in [3.63, 3.8) is 0 Å². The Hall–Kier alpha value is -1.10. The number of hydrogen-bond donors (Lipinski definition) is 2. The molecule has 2 aliphatic rings. The lowest BCUT2D eigenvalue weighted by Crippen LogP contribution is -2.34. The number of carboxylic acids is 1. The van der Waals surface area contributed by atoms with Gasteiger partial charge in [0.15, 0.2) is 0 Å². The van der Waals surface area contributed by atoms with E-state index in [1.807, 2.05) is 0 Å². The van der Waals surface area contributed by atoms with Crippen molar-refractivity contribution in [2.75, 3.05) is 19.7 Å². The van der Waals surface area contributed by atoms with Gasteiger partial charge < -0.3 is 15.1 Å². The summed E-state index contributed by atoms with van der Waals surface area (Å²) in [7, 11) is 0. The molecule has 5 heteroatoms. The lowest BCUT2D eigenvalue weighted by atomic mass is 10.0. The molecule has 1 saturated heterocycles. The molecule has 1 saturated carbocycles. The van der Waals surface area contributed by atoms with E-state index in [0.29, 0.717) is 32.4 Å². The minimum Gasteiger partial charge on any atom is -0.481 e. The van der Waals surface area contributed by atoms with E-state index in [4.69, 9.17) is 10.2 Å². The van der Waals surface area contributed by atoms with Crippen LogP contribution in [-0.4, -0.2) is 46.7 Å². The fourth-order valence-corrected chi connectivity index (χ4v) is 2.87. The van der Waals surface area contributed by atoms with Crippen LogP contribution in [0.25, 0.3) is 0 Å². The molecule has 0 aromatic carbocycles. The zero-order chi connectivity index (χ0) is 12.4. The highest BCUT2D eigenvalue weighted by atomic mass is 16.4. The summed E-state index contributed by atoms with van der Waals surface area (Å²) in [4.78, 5) is 24.7. The Morgan fingerprint density at radius 3 is 2.41 bits per heavy atom. The highest BCUT2D eigenvalue weighted by Gasteiger charge is 2.37. The van der Waals surface area contributed by atoms with Crippen LogP contribution in [0.15, 0.2) is 0 Å². The van der Waals surface area contributed by atoms with E-state index in [9.17, 15) is 9.59 Å². The number of aliphatic hydroxyl groups excluding tert-OH is 1. The third kappa shape index (κ3) is 2.60. The number of rotatable bonds is 3. The molecule has 1 aliphatic heterocycles. The molecule has 1 unspecified atom stereocenters. The zero-order valence-electron chi connectivity index (χ0n) is 9.84. The third-order valence-corrected chi connectivity index (χ3v) is 3.99. The maximum atomic E-state index is 12.1. The van der Waals surface area contributed by atoms with Crippen LogP contribution in [-0.2, 0) is 9.59 Å². The predicted octanol–water partition coefficient (Wildman–Crippen LogP) is 0.328. The molecule has 2 fully saturated rings. The van der Waals surface area contributed by atoms with Crippen molar-refractivity contribution in [3.8, 4) is 0 Å². The number of likely N-dealkylation sites (tertiary alicyclic amines) is 1. The largest absolute Gasteiger partial charge is 0.481 e. The minimum absolute atomic E-state index is 0.0877. The molecule has 0 bridgehead atoms. The van der Waals surface area contributed by atoms with E-state index < -0.39 is 5.97 Å². The van der Waals surface area contributed by atoms with Gasteiger partial charge in [-0.2, -0.15) is 0 Å². The summed E-state index contributed by atoms with van der Waals surface area (Å²) < 4.78 is 0. The topological polar surface area (TPSA) is 77.8 Å². The number of nitrogens with zero attached hydrogens (tertiary/aromatic N) is 1. The monoisotopic (exact) mass is 241 g/mol. The molecule has 0 radical (unpaired) electrons. The van der Waals surface area contributed by atoms with Crippen molar-refractivity contribution in [2.45, 2.75) is 25.7 Å². The van der Waals surface area contributed by atoms with E-state index in [2.05, 4.69) is 0 Å². The van der Waals surface area contributed by atoms with Crippen LogP contribution in [0.1, 0.15) is 25.7 Å². The van der Waals surface area contributed by atoms with E-state index in [-0.39, 0.29) is 30.3 Å². The standard InChI is InChI=1S/C12H19NO4/c14-7-8-3-4-13(6-8)11(15)9-1-2-10(5-9)12(16)17/h8-10,14H,1-7H2,(H,16,17)/t8?,9-,10+/m1/s1. The van der Waals surface area contributed by atoms with Crippen molar-refractivity contribution < 1.29 is 19.8 Å². The van der Waals surface area contributed by atoms with E-state index >= 15 is 0 Å². The zero-order valence-corrected chi connectivity index (χ0v) is 9.84. The van der Waals surface area contributed by atoms with Crippen LogP contribution in [0.4, 0.5) is 0 Å². The second-order valence-corrected chi connectivity index (χ2v) is 5.17. The number of amides is 1. The normalized spacial score (nSPS) is 33.0. The molecule has 17 heavy (non-hydrogen) atoms. The first-order valence-electron chi connectivity index (χ1n) is 6.24. The quantitative estimate of drug-likeness (QED) is 0.746. The first kappa shape index (κ1) is 12.4. The van der Waals surface area contributed by atoms with Crippen LogP contribution < -0.4 is 0 Å². The first-order chi connectivity index (χ1) is 8.11. The fraction of sp³-hybridized carbons (Fsp3) is 0.833. The summed E-state index contributed by atoms with van der Waals surface area (Å²) in [6.45, 7) is 1.47. The average Bonchev–Trinajstić information content (AvgIpc) is 2.97. The summed E-state index contributed by atoms with van der Waals surface area (Å²) >= 11 is 0. The third-order valence-electron chi connectivity index (χ3n) is 3.99. The van der Waals surface area contributed by atoms with Crippen molar-refractivity contribution in [1.82, 2.24) is 4.90 Å². The Morgan fingerprint density at radius 2 is 1.88 bits per heavy atom. The van der Waals surface area contributed by atoms with Crippen molar-refractivity contribution in [3.05, 3.63) is 0 Å². The van der Waals surface area contributed by atoms with Gasteiger partial charge in [-0.25, -0.2) is 0 Å². The van der Waals surface area contributed by atoms with Gasteiger partial charge in [-0.15, -0.1) is 0 Å². The number of carbonyl (C=O) groups excluding carboxylic acids is 1. The van der Waals surface area contributed by atoms with E-state index in [1.54, 1.807) is 4.90 Å². The Morgan fingerprint density at radius 1 is 1.18 bits per heavy atom. The van der Waals surface area contributed by atoms with Crippen LogP contribution in [0.5, 0.6) is 0 Å². The van der Waals surface area contributed by atoms with Gasteiger partial charge in [0.1, 0.15) is 0 Å². The SMILES string of the molecule is O=C(O)[C@H]1CC[C@@H](C(=O)N2CCC(CO)C2)C1. The van der Waals surface area contributed by atoms with Gasteiger partial charge in [-0.1, -0.05) is 0 Å².